The first kappa shape index (κ1) is 20.5. The van der Waals surface area contributed by atoms with Crippen LogP contribution >= 0.6 is 15.9 Å². The van der Waals surface area contributed by atoms with Gasteiger partial charge in [-0.05, 0) is 40.2 Å². The lowest BCUT2D eigenvalue weighted by molar-refractivity contribution is -0.384. The van der Waals surface area contributed by atoms with E-state index in [4.69, 9.17) is 0 Å². The molecule has 29 heavy (non-hydrogen) atoms. The fourth-order valence-corrected chi connectivity index (χ4v) is 4.37. The summed E-state index contributed by atoms with van der Waals surface area (Å²) in [5.41, 5.74) is 0.349. The molecule has 0 aliphatic carbocycles. The molecule has 148 valence electrons. The first-order valence-corrected chi connectivity index (χ1v) is 10.4. The number of benzene rings is 3. The monoisotopic (exact) mass is 474 g/mol. The van der Waals surface area contributed by atoms with Crippen molar-refractivity contribution < 1.29 is 18.1 Å². The summed E-state index contributed by atoms with van der Waals surface area (Å²) in [5, 5.41) is 13.4. The highest BCUT2D eigenvalue weighted by atomic mass is 79.9. The highest BCUT2D eigenvalue weighted by Crippen LogP contribution is 2.32. The van der Waals surface area contributed by atoms with E-state index in [0.717, 1.165) is 0 Å². The van der Waals surface area contributed by atoms with Crippen LogP contribution in [0.25, 0.3) is 4.72 Å². The van der Waals surface area contributed by atoms with Gasteiger partial charge in [-0.1, -0.05) is 36.4 Å². The van der Waals surface area contributed by atoms with Gasteiger partial charge in [-0.3, -0.25) is 14.9 Å². The fraction of sp³-hybridized carbons (Fsp3) is 0. The van der Waals surface area contributed by atoms with Crippen molar-refractivity contribution in [3.8, 4) is 0 Å². The smallest absolute Gasteiger partial charge is 0.271 e. The molecule has 0 atom stereocenters. The number of sulfonamides is 1. The van der Waals surface area contributed by atoms with Gasteiger partial charge in [0, 0.05) is 27.9 Å². The van der Waals surface area contributed by atoms with Crippen molar-refractivity contribution >= 4 is 48.9 Å². The van der Waals surface area contributed by atoms with Crippen molar-refractivity contribution in [2.75, 3.05) is 5.32 Å². The summed E-state index contributed by atoms with van der Waals surface area (Å²) < 4.78 is 29.4. The first-order chi connectivity index (χ1) is 13.8. The Balaban J connectivity index is 1.87. The molecule has 8 nitrogen and oxygen atoms in total. The number of carbonyl (C=O) groups is 1. The average molecular weight is 475 g/mol. The van der Waals surface area contributed by atoms with Gasteiger partial charge < -0.3 is 10.0 Å². The lowest BCUT2D eigenvalue weighted by Gasteiger charge is -2.22. The number of nitro groups is 1. The fourth-order valence-electron chi connectivity index (χ4n) is 2.42. The Morgan fingerprint density at radius 2 is 1.72 bits per heavy atom. The minimum absolute atomic E-state index is 0.0570. The lowest BCUT2D eigenvalue weighted by atomic mass is 10.2. The van der Waals surface area contributed by atoms with E-state index in [1.807, 2.05) is 0 Å². The van der Waals surface area contributed by atoms with Crippen LogP contribution in [0.1, 0.15) is 10.4 Å². The van der Waals surface area contributed by atoms with Gasteiger partial charge in [0.15, 0.2) is 0 Å². The van der Waals surface area contributed by atoms with Crippen LogP contribution in [0.3, 0.4) is 0 Å². The molecule has 0 fully saturated rings. The third-order valence-corrected chi connectivity index (χ3v) is 6.07. The van der Waals surface area contributed by atoms with Crippen LogP contribution < -0.4 is 5.32 Å². The molecule has 1 amide bonds. The molecule has 0 unspecified atom stereocenters. The molecule has 0 aliphatic rings. The number of amides is 1. The molecule has 0 saturated heterocycles. The number of nitro benzene ring substituents is 1. The minimum Gasteiger partial charge on any atom is -0.573 e. The quantitative estimate of drug-likeness (QED) is 0.397. The summed E-state index contributed by atoms with van der Waals surface area (Å²) in [4.78, 5) is 22.6. The molecule has 0 saturated carbocycles. The Kier molecular flexibility index (Phi) is 5.95. The predicted molar refractivity (Wildman–Crippen MR) is 112 cm³/mol. The van der Waals surface area contributed by atoms with E-state index in [9.17, 15) is 23.3 Å². The molecule has 3 rings (SSSR count). The number of nitrogens with zero attached hydrogens (tertiary/aromatic N) is 2. The maximum atomic E-state index is 12.7. The number of anilines is 1. The molecule has 0 aromatic heterocycles. The maximum Gasteiger partial charge on any atom is 0.271 e. The highest BCUT2D eigenvalue weighted by Gasteiger charge is 2.15. The largest absolute Gasteiger partial charge is 0.573 e. The molecule has 0 aliphatic heterocycles. The number of nitrogens with one attached hydrogen (secondary N) is 1. The molecule has 3 aromatic carbocycles. The first-order valence-electron chi connectivity index (χ1n) is 8.15. The molecule has 3 aromatic rings. The molecule has 10 heteroatoms. The lowest BCUT2D eigenvalue weighted by Crippen LogP contribution is -2.13. The van der Waals surface area contributed by atoms with Gasteiger partial charge in [0.25, 0.3) is 11.6 Å². The van der Waals surface area contributed by atoms with E-state index in [2.05, 4.69) is 26.0 Å². The third-order valence-electron chi connectivity index (χ3n) is 3.77. The summed E-state index contributed by atoms with van der Waals surface area (Å²) in [5.74, 6) is -0.617. The van der Waals surface area contributed by atoms with Gasteiger partial charge in [0.1, 0.15) is 10.0 Å². The van der Waals surface area contributed by atoms with Crippen LogP contribution in [0, 0.1) is 10.1 Å². The minimum atomic E-state index is -4.08. The van der Waals surface area contributed by atoms with Crippen LogP contribution in [0.15, 0.2) is 82.2 Å². The number of carbonyl (C=O) groups excluding carboxylic acids is 1. The highest BCUT2D eigenvalue weighted by molar-refractivity contribution is 9.10. The Morgan fingerprint density at radius 1 is 1.00 bits per heavy atom. The zero-order chi connectivity index (χ0) is 21.0. The summed E-state index contributed by atoms with van der Waals surface area (Å²) in [6.45, 7) is 0. The second kappa shape index (κ2) is 8.41. The van der Waals surface area contributed by atoms with Gasteiger partial charge >= 0.3 is 0 Å². The number of rotatable bonds is 6. The van der Waals surface area contributed by atoms with Gasteiger partial charge in [-0.2, -0.15) is 0 Å². The zero-order valence-corrected chi connectivity index (χ0v) is 17.1. The Morgan fingerprint density at radius 3 is 2.41 bits per heavy atom. The Hall–Kier alpha value is -3.24. The second-order valence-corrected chi connectivity index (χ2v) is 8.24. The molecule has 0 bridgehead atoms. The van der Waals surface area contributed by atoms with E-state index >= 15 is 0 Å². The van der Waals surface area contributed by atoms with E-state index in [0.29, 0.717) is 0 Å². The van der Waals surface area contributed by atoms with Crippen molar-refractivity contribution in [2.45, 2.75) is 4.90 Å². The van der Waals surface area contributed by atoms with Crippen LogP contribution in [0.2, 0.25) is 0 Å². The summed E-state index contributed by atoms with van der Waals surface area (Å²) in [6.07, 6.45) is 0. The van der Waals surface area contributed by atoms with Gasteiger partial charge in [0.2, 0.25) is 0 Å². The third kappa shape index (κ3) is 4.98. The van der Waals surface area contributed by atoms with Gasteiger partial charge in [-0.15, -0.1) is 5.69 Å². The van der Waals surface area contributed by atoms with Crippen LogP contribution in [0.5, 0.6) is 0 Å². The number of halogens is 1. The van der Waals surface area contributed by atoms with Gasteiger partial charge in [-0.25, -0.2) is 8.42 Å². The van der Waals surface area contributed by atoms with E-state index in [-0.39, 0.29) is 32.0 Å². The van der Waals surface area contributed by atoms with Crippen molar-refractivity contribution in [2.24, 2.45) is 0 Å². The Labute approximate surface area is 174 Å². The summed E-state index contributed by atoms with van der Waals surface area (Å²) in [6, 6.07) is 17.6. The number of non-ortho nitro benzene ring substituents is 1. The van der Waals surface area contributed by atoms with Crippen molar-refractivity contribution in [3.05, 3.63) is 97.7 Å². The van der Waals surface area contributed by atoms with Crippen molar-refractivity contribution in [1.82, 2.24) is 0 Å². The normalized spacial score (nSPS) is 10.9. The molecular formula is C19H13BrN3O5S-. The molecule has 0 spiro atoms. The van der Waals surface area contributed by atoms with E-state index in [1.54, 1.807) is 30.3 Å². The predicted octanol–water partition coefficient (Wildman–Crippen LogP) is 5.00. The molecule has 1 N–H and O–H groups in total. The SMILES string of the molecule is O=C(Nc1cccc([N+](=O)[O-])c1)c1ccc(Br)c(S(=O)(=O)[N-]c2ccccc2)c1. The molecule has 0 heterocycles. The van der Waals surface area contributed by atoms with Crippen LogP contribution in [-0.2, 0) is 10.0 Å². The number of hydrogen-bond acceptors (Lipinski definition) is 5. The summed E-state index contributed by atoms with van der Waals surface area (Å²) in [7, 11) is -4.08. The van der Waals surface area contributed by atoms with Gasteiger partial charge in [0.05, 0.1) is 9.82 Å². The standard InChI is InChI=1S/C19H13BrN3O5S/c20-17-10-9-13(19(24)21-15-7-4-8-16(12-15)23(25)26)11-18(17)29(27,28)22-14-5-2-1-3-6-14/h1-12H,(H,21,24)/q-1. The van der Waals surface area contributed by atoms with Crippen molar-refractivity contribution in [3.63, 3.8) is 0 Å². The van der Waals surface area contributed by atoms with Crippen LogP contribution in [0.4, 0.5) is 17.1 Å². The Bertz CT molecular complexity index is 1180. The van der Waals surface area contributed by atoms with Crippen molar-refractivity contribution in [1.29, 1.82) is 0 Å². The second-order valence-electron chi connectivity index (χ2n) is 5.81. The summed E-state index contributed by atoms with van der Waals surface area (Å²) >= 11 is 3.18. The van der Waals surface area contributed by atoms with E-state index < -0.39 is 20.9 Å². The molecular weight excluding hydrogens is 462 g/mol. The van der Waals surface area contributed by atoms with E-state index in [1.165, 1.54) is 42.5 Å². The zero-order valence-electron chi connectivity index (χ0n) is 14.7. The van der Waals surface area contributed by atoms with Crippen LogP contribution in [-0.4, -0.2) is 19.2 Å². The topological polar surface area (TPSA) is 120 Å². The maximum absolute atomic E-state index is 12.7. The number of hydrogen-bond donors (Lipinski definition) is 1. The average Bonchev–Trinajstić information content (AvgIpc) is 2.68. The molecule has 0 radical (unpaired) electrons.